The van der Waals surface area contributed by atoms with Gasteiger partial charge in [-0.15, -0.1) is 0 Å². The highest BCUT2D eigenvalue weighted by molar-refractivity contribution is 6.00. The number of benzene rings is 1. The van der Waals surface area contributed by atoms with Crippen molar-refractivity contribution >= 4 is 11.7 Å². The van der Waals surface area contributed by atoms with E-state index in [4.69, 9.17) is 5.73 Å². The highest BCUT2D eigenvalue weighted by atomic mass is 16.1. The van der Waals surface area contributed by atoms with Crippen molar-refractivity contribution in [2.24, 2.45) is 0 Å². The third-order valence-corrected chi connectivity index (χ3v) is 4.54. The first-order valence-electron chi connectivity index (χ1n) is 7.87. The van der Waals surface area contributed by atoms with Crippen LogP contribution in [0.1, 0.15) is 39.6 Å². The van der Waals surface area contributed by atoms with Gasteiger partial charge >= 0.3 is 0 Å². The van der Waals surface area contributed by atoms with Crippen LogP contribution >= 0.6 is 0 Å². The maximum absolute atomic E-state index is 12.7. The van der Waals surface area contributed by atoms with E-state index in [0.717, 1.165) is 22.4 Å². The summed E-state index contributed by atoms with van der Waals surface area (Å²) in [5.41, 5.74) is 11.1. The molecule has 2 aromatic heterocycles. The van der Waals surface area contributed by atoms with Crippen LogP contribution in [0.3, 0.4) is 0 Å². The number of fused-ring (bicyclic) bond motifs is 1. The van der Waals surface area contributed by atoms with Crippen molar-refractivity contribution in [1.29, 1.82) is 0 Å². The molecule has 6 heteroatoms. The number of anilines is 1. The van der Waals surface area contributed by atoms with Crippen molar-refractivity contribution in [1.82, 2.24) is 20.2 Å². The summed E-state index contributed by atoms with van der Waals surface area (Å²) in [6.07, 6.45) is 4.79. The van der Waals surface area contributed by atoms with Gasteiger partial charge in [-0.25, -0.2) is 9.97 Å². The summed E-state index contributed by atoms with van der Waals surface area (Å²) in [5, 5.41) is 6.87. The fourth-order valence-corrected chi connectivity index (χ4v) is 3.53. The highest BCUT2D eigenvalue weighted by Crippen LogP contribution is 2.37. The van der Waals surface area contributed by atoms with Crippen LogP contribution in [0.15, 0.2) is 36.7 Å². The average molecular weight is 319 g/mol. The fourth-order valence-electron chi connectivity index (χ4n) is 3.53. The Morgan fingerprint density at radius 2 is 2.04 bits per heavy atom. The summed E-state index contributed by atoms with van der Waals surface area (Å²) >= 11 is 0. The number of rotatable bonds is 2. The summed E-state index contributed by atoms with van der Waals surface area (Å²) < 4.78 is 0. The zero-order chi connectivity index (χ0) is 16.7. The van der Waals surface area contributed by atoms with Crippen molar-refractivity contribution in [3.05, 3.63) is 59.2 Å². The lowest BCUT2D eigenvalue weighted by Gasteiger charge is -2.25. The summed E-state index contributed by atoms with van der Waals surface area (Å²) in [6, 6.07) is 8.12. The summed E-state index contributed by atoms with van der Waals surface area (Å²) in [7, 11) is 0. The van der Waals surface area contributed by atoms with E-state index in [9.17, 15) is 4.79 Å². The van der Waals surface area contributed by atoms with Gasteiger partial charge in [0.05, 0.1) is 23.1 Å². The van der Waals surface area contributed by atoms with Crippen LogP contribution in [0.25, 0.3) is 11.1 Å². The molecule has 0 amide bonds. The van der Waals surface area contributed by atoms with Crippen LogP contribution in [0.4, 0.5) is 5.95 Å². The van der Waals surface area contributed by atoms with Gasteiger partial charge in [0.1, 0.15) is 0 Å². The maximum atomic E-state index is 12.7. The van der Waals surface area contributed by atoms with Gasteiger partial charge in [0.25, 0.3) is 0 Å². The molecule has 0 bridgehead atoms. The average Bonchev–Trinajstić information content (AvgIpc) is 3.08. The number of nitrogens with two attached hydrogens (primary N) is 1. The van der Waals surface area contributed by atoms with Crippen LogP contribution in [0.5, 0.6) is 0 Å². The first-order valence-corrected chi connectivity index (χ1v) is 7.87. The summed E-state index contributed by atoms with van der Waals surface area (Å²) in [6.45, 7) is 1.81. The second-order valence-corrected chi connectivity index (χ2v) is 6.09. The number of Topliss-reactive ketones (excluding diaryl/α,β-unsaturated/α-hetero) is 1. The number of hydrogen-bond donors (Lipinski definition) is 2. The Balaban J connectivity index is 1.79. The van der Waals surface area contributed by atoms with Gasteiger partial charge < -0.3 is 5.73 Å². The van der Waals surface area contributed by atoms with Crippen molar-refractivity contribution in [3.63, 3.8) is 0 Å². The minimum atomic E-state index is 0.0739. The van der Waals surface area contributed by atoms with Crippen LogP contribution in [-0.2, 0) is 6.42 Å². The molecular formula is C18H17N5O. The standard InChI is InChI=1S/C18H17N5O/c1-10-17-15(23-18(19)22-10)6-11(7-16(17)24)13-4-2-3-5-14(13)12-8-20-21-9-12/h2-5,8-9,11H,6-7H2,1H3,(H,20,21)(H2,19,22,23). The largest absolute Gasteiger partial charge is 0.368 e. The molecule has 3 aromatic rings. The third-order valence-electron chi connectivity index (χ3n) is 4.54. The van der Waals surface area contributed by atoms with Gasteiger partial charge in [-0.05, 0) is 30.4 Å². The number of carbonyl (C=O) groups excluding carboxylic acids is 1. The Hall–Kier alpha value is -3.02. The number of nitrogens with zero attached hydrogens (tertiary/aromatic N) is 3. The molecular weight excluding hydrogens is 302 g/mol. The Kier molecular flexibility index (Phi) is 3.37. The molecule has 0 aliphatic heterocycles. The second kappa shape index (κ2) is 5.56. The van der Waals surface area contributed by atoms with Gasteiger partial charge in [-0.1, -0.05) is 24.3 Å². The number of carbonyl (C=O) groups is 1. The van der Waals surface area contributed by atoms with Gasteiger partial charge in [0.15, 0.2) is 5.78 Å². The lowest BCUT2D eigenvalue weighted by atomic mass is 9.79. The van der Waals surface area contributed by atoms with Crippen LogP contribution in [0.2, 0.25) is 0 Å². The molecule has 24 heavy (non-hydrogen) atoms. The fraction of sp³-hybridized carbons (Fsp3) is 0.222. The summed E-state index contributed by atoms with van der Waals surface area (Å²) in [4.78, 5) is 21.1. The van der Waals surface area contributed by atoms with Crippen molar-refractivity contribution < 1.29 is 4.79 Å². The van der Waals surface area contributed by atoms with E-state index < -0.39 is 0 Å². The smallest absolute Gasteiger partial charge is 0.220 e. The molecule has 0 spiro atoms. The van der Waals surface area contributed by atoms with E-state index >= 15 is 0 Å². The molecule has 0 fully saturated rings. The van der Waals surface area contributed by atoms with Crippen molar-refractivity contribution in [2.45, 2.75) is 25.7 Å². The number of nitrogens with one attached hydrogen (secondary N) is 1. The number of ketones is 1. The Morgan fingerprint density at radius 3 is 2.83 bits per heavy atom. The SMILES string of the molecule is Cc1nc(N)nc2c1C(=O)CC(c1ccccc1-c1cn[nH]c1)C2. The van der Waals surface area contributed by atoms with E-state index in [2.05, 4.69) is 32.3 Å². The second-order valence-electron chi connectivity index (χ2n) is 6.09. The first kappa shape index (κ1) is 14.6. The maximum Gasteiger partial charge on any atom is 0.220 e. The molecule has 1 aliphatic carbocycles. The molecule has 120 valence electrons. The predicted molar refractivity (Wildman–Crippen MR) is 90.6 cm³/mol. The highest BCUT2D eigenvalue weighted by Gasteiger charge is 2.30. The van der Waals surface area contributed by atoms with E-state index in [1.165, 1.54) is 0 Å². The lowest BCUT2D eigenvalue weighted by molar-refractivity contribution is 0.0962. The first-order chi connectivity index (χ1) is 11.6. The number of nitrogen functional groups attached to an aromatic ring is 1. The van der Waals surface area contributed by atoms with Crippen molar-refractivity contribution in [2.75, 3.05) is 5.73 Å². The third kappa shape index (κ3) is 2.36. The predicted octanol–water partition coefficient (Wildman–Crippen LogP) is 2.67. The zero-order valence-corrected chi connectivity index (χ0v) is 13.3. The summed E-state index contributed by atoms with van der Waals surface area (Å²) in [5.74, 6) is 0.383. The molecule has 6 nitrogen and oxygen atoms in total. The van der Waals surface area contributed by atoms with Crippen LogP contribution in [0, 0.1) is 6.92 Å². The minimum Gasteiger partial charge on any atom is -0.368 e. The van der Waals surface area contributed by atoms with Gasteiger partial charge in [0.2, 0.25) is 5.95 Å². The van der Waals surface area contributed by atoms with E-state index in [0.29, 0.717) is 24.1 Å². The van der Waals surface area contributed by atoms with Crippen LogP contribution in [-0.4, -0.2) is 25.9 Å². The van der Waals surface area contributed by atoms with E-state index in [1.807, 2.05) is 25.3 Å². The van der Waals surface area contributed by atoms with Crippen LogP contribution < -0.4 is 5.73 Å². The molecule has 1 aliphatic rings. The van der Waals surface area contributed by atoms with Gasteiger partial charge in [0, 0.05) is 18.2 Å². The molecule has 0 saturated carbocycles. The molecule has 0 radical (unpaired) electrons. The minimum absolute atomic E-state index is 0.0739. The number of H-pyrrole nitrogens is 1. The topological polar surface area (TPSA) is 97.6 Å². The molecule has 1 unspecified atom stereocenters. The van der Waals surface area contributed by atoms with Gasteiger partial charge in [-0.3, -0.25) is 9.89 Å². The quantitative estimate of drug-likeness (QED) is 0.757. The zero-order valence-electron chi connectivity index (χ0n) is 13.3. The number of hydrogen-bond acceptors (Lipinski definition) is 5. The molecule has 1 atom stereocenters. The molecule has 1 aromatic carbocycles. The lowest BCUT2D eigenvalue weighted by Crippen LogP contribution is -2.23. The number of aromatic amines is 1. The Labute approximate surface area is 139 Å². The molecule has 0 saturated heterocycles. The number of aromatic nitrogens is 4. The van der Waals surface area contributed by atoms with E-state index in [-0.39, 0.29) is 17.6 Å². The monoisotopic (exact) mass is 319 g/mol. The van der Waals surface area contributed by atoms with Crippen molar-refractivity contribution in [3.8, 4) is 11.1 Å². The number of aryl methyl sites for hydroxylation is 1. The normalized spacial score (nSPS) is 16.9. The van der Waals surface area contributed by atoms with E-state index in [1.54, 1.807) is 6.20 Å². The Morgan fingerprint density at radius 1 is 1.21 bits per heavy atom. The van der Waals surface area contributed by atoms with Gasteiger partial charge in [-0.2, -0.15) is 5.10 Å². The Bertz CT molecular complexity index is 917. The molecule has 4 rings (SSSR count). The molecule has 2 heterocycles. The molecule has 3 N–H and O–H groups in total.